The van der Waals surface area contributed by atoms with Crippen LogP contribution < -0.4 is 0 Å². The first-order valence-electron chi connectivity index (χ1n) is 3.20. The Hall–Kier alpha value is -1.22. The van der Waals surface area contributed by atoms with Gasteiger partial charge in [0.2, 0.25) is 0 Å². The Morgan fingerprint density at radius 2 is 2.09 bits per heavy atom. The van der Waals surface area contributed by atoms with Gasteiger partial charge in [0.1, 0.15) is 11.3 Å². The van der Waals surface area contributed by atoms with Gasteiger partial charge in [0.05, 0.1) is 0 Å². The van der Waals surface area contributed by atoms with Crippen LogP contribution in [0.25, 0.3) is 10.6 Å². The van der Waals surface area contributed by atoms with E-state index in [1.165, 1.54) is 11.5 Å². The average molecular weight is 161 g/mol. The Labute approximate surface area is 68.7 Å². The van der Waals surface area contributed by atoms with E-state index in [0.717, 1.165) is 10.6 Å². The van der Waals surface area contributed by atoms with Gasteiger partial charge in [0, 0.05) is 5.56 Å². The fourth-order valence-electron chi connectivity index (χ4n) is 0.830. The van der Waals surface area contributed by atoms with Crippen LogP contribution in [0.4, 0.5) is 0 Å². The molecule has 2 nitrogen and oxygen atoms in total. The van der Waals surface area contributed by atoms with Crippen LogP contribution in [0.3, 0.4) is 0 Å². The first-order chi connectivity index (χ1) is 5.47. The summed E-state index contributed by atoms with van der Waals surface area (Å²) in [5, 5.41) is 0.957. The van der Waals surface area contributed by atoms with E-state index in [1.54, 1.807) is 6.33 Å². The zero-order chi connectivity index (χ0) is 7.52. The standard InChI is InChI=1S/C8H5N2S/c1-2-4-7(5-3-1)8-9-6-10-11-8/h2-6H. The van der Waals surface area contributed by atoms with Gasteiger partial charge in [-0.15, -0.1) is 0 Å². The van der Waals surface area contributed by atoms with E-state index in [-0.39, 0.29) is 0 Å². The Morgan fingerprint density at radius 1 is 1.27 bits per heavy atom. The zero-order valence-corrected chi connectivity index (χ0v) is 6.51. The summed E-state index contributed by atoms with van der Waals surface area (Å²) >= 11 is 1.40. The normalized spacial score (nSPS) is 9.82. The van der Waals surface area contributed by atoms with Crippen molar-refractivity contribution in [2.75, 3.05) is 0 Å². The van der Waals surface area contributed by atoms with Crippen molar-refractivity contribution in [1.82, 2.24) is 9.36 Å². The fraction of sp³-hybridized carbons (Fsp3) is 0. The van der Waals surface area contributed by atoms with E-state index >= 15 is 0 Å². The molecule has 0 bridgehead atoms. The summed E-state index contributed by atoms with van der Waals surface area (Å²) in [4.78, 5) is 4.08. The predicted molar refractivity (Wildman–Crippen MR) is 44.2 cm³/mol. The number of rotatable bonds is 1. The lowest BCUT2D eigenvalue weighted by Crippen LogP contribution is -1.71. The molecule has 0 fully saturated rings. The molecule has 53 valence electrons. The van der Waals surface area contributed by atoms with Crippen molar-refractivity contribution in [2.24, 2.45) is 0 Å². The van der Waals surface area contributed by atoms with Crippen LogP contribution in [0.15, 0.2) is 30.6 Å². The van der Waals surface area contributed by atoms with Crippen LogP contribution >= 0.6 is 11.5 Å². The van der Waals surface area contributed by atoms with Gasteiger partial charge in [-0.1, -0.05) is 24.3 Å². The maximum Gasteiger partial charge on any atom is 0.143 e. The topological polar surface area (TPSA) is 25.8 Å². The van der Waals surface area contributed by atoms with Crippen molar-refractivity contribution in [3.63, 3.8) is 0 Å². The second kappa shape index (κ2) is 2.80. The molecule has 1 aromatic carbocycles. The summed E-state index contributed by atoms with van der Waals surface area (Å²) < 4.78 is 3.92. The Kier molecular flexibility index (Phi) is 1.65. The third-order valence-electron chi connectivity index (χ3n) is 1.33. The minimum absolute atomic E-state index is 0.957. The fourth-order valence-corrected chi connectivity index (χ4v) is 1.36. The lowest BCUT2D eigenvalue weighted by atomic mass is 10.2. The van der Waals surface area contributed by atoms with Gasteiger partial charge >= 0.3 is 0 Å². The lowest BCUT2D eigenvalue weighted by Gasteiger charge is -1.90. The van der Waals surface area contributed by atoms with Gasteiger partial charge in [0.15, 0.2) is 0 Å². The molecule has 11 heavy (non-hydrogen) atoms. The van der Waals surface area contributed by atoms with E-state index in [9.17, 15) is 0 Å². The zero-order valence-electron chi connectivity index (χ0n) is 5.69. The van der Waals surface area contributed by atoms with E-state index in [2.05, 4.69) is 15.4 Å². The summed E-state index contributed by atoms with van der Waals surface area (Å²) in [5.41, 5.74) is 1.10. The molecule has 1 radical (unpaired) electrons. The van der Waals surface area contributed by atoms with E-state index in [4.69, 9.17) is 0 Å². The number of aromatic nitrogens is 2. The molecule has 2 rings (SSSR count). The molecular formula is C8H5N2S. The Bertz CT molecular complexity index is 315. The van der Waals surface area contributed by atoms with Gasteiger partial charge in [0.25, 0.3) is 0 Å². The number of hydrogen-bond donors (Lipinski definition) is 0. The van der Waals surface area contributed by atoms with Gasteiger partial charge in [-0.2, -0.15) is 4.37 Å². The van der Waals surface area contributed by atoms with E-state index in [1.807, 2.05) is 24.3 Å². The summed E-state index contributed by atoms with van der Waals surface area (Å²) in [5.74, 6) is 0. The highest BCUT2D eigenvalue weighted by atomic mass is 32.1. The lowest BCUT2D eigenvalue weighted by molar-refractivity contribution is 1.33. The molecule has 0 saturated carbocycles. The molecule has 0 aliphatic heterocycles. The summed E-state index contributed by atoms with van der Waals surface area (Å²) in [6.45, 7) is 0. The number of benzene rings is 1. The average Bonchev–Trinajstić information content (AvgIpc) is 2.58. The summed E-state index contributed by atoms with van der Waals surface area (Å²) in [6.07, 6.45) is 1.57. The maximum atomic E-state index is 4.08. The van der Waals surface area contributed by atoms with Crippen LogP contribution in [-0.4, -0.2) is 9.36 Å². The molecule has 0 aliphatic rings. The largest absolute Gasteiger partial charge is 0.223 e. The van der Waals surface area contributed by atoms with Crippen molar-refractivity contribution in [3.05, 3.63) is 36.7 Å². The minimum Gasteiger partial charge on any atom is -0.223 e. The molecule has 0 spiro atoms. The van der Waals surface area contributed by atoms with Crippen molar-refractivity contribution in [3.8, 4) is 10.6 Å². The second-order valence-corrected chi connectivity index (χ2v) is 2.82. The highest BCUT2D eigenvalue weighted by molar-refractivity contribution is 7.09. The molecule has 0 amide bonds. The SMILES string of the molecule is [c]1ccc(-c2ncns2)cc1. The predicted octanol–water partition coefficient (Wildman–Crippen LogP) is 2.01. The highest BCUT2D eigenvalue weighted by Crippen LogP contribution is 2.18. The first-order valence-corrected chi connectivity index (χ1v) is 3.97. The third kappa shape index (κ3) is 1.28. The van der Waals surface area contributed by atoms with Crippen LogP contribution in [0.2, 0.25) is 0 Å². The van der Waals surface area contributed by atoms with E-state index in [0.29, 0.717) is 0 Å². The van der Waals surface area contributed by atoms with Crippen molar-refractivity contribution < 1.29 is 0 Å². The van der Waals surface area contributed by atoms with E-state index < -0.39 is 0 Å². The summed E-state index contributed by atoms with van der Waals surface area (Å²) in [7, 11) is 0. The monoisotopic (exact) mass is 161 g/mol. The molecule has 3 heteroatoms. The van der Waals surface area contributed by atoms with Crippen LogP contribution in [0.5, 0.6) is 0 Å². The van der Waals surface area contributed by atoms with Crippen LogP contribution in [0, 0.1) is 6.07 Å². The molecule has 1 aromatic heterocycles. The van der Waals surface area contributed by atoms with Crippen molar-refractivity contribution in [2.45, 2.75) is 0 Å². The van der Waals surface area contributed by atoms with Gasteiger partial charge < -0.3 is 0 Å². The maximum absolute atomic E-state index is 4.08. The van der Waals surface area contributed by atoms with Gasteiger partial charge in [-0.3, -0.25) is 0 Å². The number of nitrogens with zero attached hydrogens (tertiary/aromatic N) is 2. The molecule has 0 unspecified atom stereocenters. The third-order valence-corrected chi connectivity index (χ3v) is 2.04. The molecule has 0 saturated heterocycles. The second-order valence-electron chi connectivity index (χ2n) is 2.04. The Balaban J connectivity index is 2.46. The van der Waals surface area contributed by atoms with Gasteiger partial charge in [-0.05, 0) is 17.6 Å². The minimum atomic E-state index is 0.957. The quantitative estimate of drug-likeness (QED) is 0.639. The number of hydrogen-bond acceptors (Lipinski definition) is 3. The van der Waals surface area contributed by atoms with Gasteiger partial charge in [-0.25, -0.2) is 4.98 Å². The highest BCUT2D eigenvalue weighted by Gasteiger charge is 1.97. The summed E-state index contributed by atoms with van der Waals surface area (Å²) in [6, 6.07) is 10.6. The Morgan fingerprint density at radius 3 is 2.73 bits per heavy atom. The molecule has 0 atom stereocenters. The molecule has 2 aromatic rings. The first kappa shape index (κ1) is 6.49. The molecule has 0 aliphatic carbocycles. The van der Waals surface area contributed by atoms with Crippen molar-refractivity contribution in [1.29, 1.82) is 0 Å². The van der Waals surface area contributed by atoms with Crippen LogP contribution in [-0.2, 0) is 0 Å². The molecule has 0 N–H and O–H groups in total. The molecular weight excluding hydrogens is 156 g/mol. The van der Waals surface area contributed by atoms with Crippen molar-refractivity contribution >= 4 is 11.5 Å². The molecule has 1 heterocycles. The van der Waals surface area contributed by atoms with Crippen LogP contribution in [0.1, 0.15) is 0 Å². The smallest absolute Gasteiger partial charge is 0.143 e.